The Hall–Kier alpha value is -2.14. The van der Waals surface area contributed by atoms with Crippen LogP contribution in [0.4, 0.5) is 5.69 Å². The van der Waals surface area contributed by atoms with Crippen molar-refractivity contribution in [3.63, 3.8) is 0 Å². The molecule has 5 heteroatoms. The third-order valence-corrected chi connectivity index (χ3v) is 4.65. The summed E-state index contributed by atoms with van der Waals surface area (Å²) in [6.07, 6.45) is 0. The standard InChI is InChI=1S/C15H16N2O2S/c1-10-13(16)7-4-8-14(10)20(19)9-11-5-2-3-6-12(11)15(17)18/h2-8H,9,16H2,1H3,(H2,17,18). The summed E-state index contributed by atoms with van der Waals surface area (Å²) in [5.41, 5.74) is 13.7. The molecule has 2 aromatic rings. The number of primary amides is 1. The molecule has 0 saturated carbocycles. The van der Waals surface area contributed by atoms with Crippen molar-refractivity contribution in [1.29, 1.82) is 0 Å². The first kappa shape index (κ1) is 14.3. The van der Waals surface area contributed by atoms with E-state index in [4.69, 9.17) is 11.5 Å². The van der Waals surface area contributed by atoms with Crippen LogP contribution in [0.3, 0.4) is 0 Å². The van der Waals surface area contributed by atoms with E-state index >= 15 is 0 Å². The molecule has 0 bridgehead atoms. The van der Waals surface area contributed by atoms with Gasteiger partial charge in [-0.25, -0.2) is 0 Å². The highest BCUT2D eigenvalue weighted by Gasteiger charge is 2.13. The normalized spacial score (nSPS) is 12.1. The molecule has 0 heterocycles. The van der Waals surface area contributed by atoms with E-state index in [1.807, 2.05) is 6.92 Å². The number of nitrogen functional groups attached to an aromatic ring is 1. The summed E-state index contributed by atoms with van der Waals surface area (Å²) in [5, 5.41) is 0. The molecule has 1 unspecified atom stereocenters. The lowest BCUT2D eigenvalue weighted by molar-refractivity contribution is 0.0999. The lowest BCUT2D eigenvalue weighted by Crippen LogP contribution is -2.14. The number of amides is 1. The van der Waals surface area contributed by atoms with Gasteiger partial charge < -0.3 is 11.5 Å². The maximum absolute atomic E-state index is 12.5. The van der Waals surface area contributed by atoms with Crippen molar-refractivity contribution >= 4 is 22.4 Å². The summed E-state index contributed by atoms with van der Waals surface area (Å²) in [6, 6.07) is 12.3. The first-order chi connectivity index (χ1) is 9.50. The maximum atomic E-state index is 12.5. The SMILES string of the molecule is Cc1c(N)cccc1S(=O)Cc1ccccc1C(N)=O. The number of rotatable bonds is 4. The van der Waals surface area contributed by atoms with Crippen molar-refractivity contribution in [2.24, 2.45) is 5.73 Å². The van der Waals surface area contributed by atoms with Crippen LogP contribution in [0.2, 0.25) is 0 Å². The second kappa shape index (κ2) is 5.88. The average Bonchev–Trinajstić information content (AvgIpc) is 2.42. The highest BCUT2D eigenvalue weighted by atomic mass is 32.2. The molecule has 20 heavy (non-hydrogen) atoms. The quantitative estimate of drug-likeness (QED) is 0.843. The van der Waals surface area contributed by atoms with E-state index in [-0.39, 0.29) is 5.75 Å². The predicted octanol–water partition coefficient (Wildman–Crippen LogP) is 1.98. The van der Waals surface area contributed by atoms with Gasteiger partial charge in [-0.2, -0.15) is 0 Å². The van der Waals surface area contributed by atoms with E-state index in [1.165, 1.54) is 0 Å². The van der Waals surface area contributed by atoms with Gasteiger partial charge in [0.2, 0.25) is 5.91 Å². The zero-order valence-electron chi connectivity index (χ0n) is 11.1. The molecule has 2 rings (SSSR count). The number of benzene rings is 2. The number of hydrogen-bond donors (Lipinski definition) is 2. The first-order valence-electron chi connectivity index (χ1n) is 6.12. The largest absolute Gasteiger partial charge is 0.398 e. The van der Waals surface area contributed by atoms with Crippen LogP contribution in [-0.4, -0.2) is 10.1 Å². The Labute approximate surface area is 120 Å². The average molecular weight is 288 g/mol. The minimum absolute atomic E-state index is 0.239. The van der Waals surface area contributed by atoms with Crippen LogP contribution < -0.4 is 11.5 Å². The fraction of sp³-hybridized carbons (Fsp3) is 0.133. The van der Waals surface area contributed by atoms with E-state index in [0.29, 0.717) is 21.7 Å². The number of carbonyl (C=O) groups excluding carboxylic acids is 1. The van der Waals surface area contributed by atoms with Gasteiger partial charge in [0.25, 0.3) is 0 Å². The molecule has 0 radical (unpaired) electrons. The molecule has 0 aliphatic rings. The van der Waals surface area contributed by atoms with Crippen LogP contribution in [0.15, 0.2) is 47.4 Å². The summed E-state index contributed by atoms with van der Waals surface area (Å²) >= 11 is 0. The molecule has 4 nitrogen and oxygen atoms in total. The Balaban J connectivity index is 2.33. The smallest absolute Gasteiger partial charge is 0.249 e. The highest BCUT2D eigenvalue weighted by molar-refractivity contribution is 7.84. The zero-order valence-corrected chi connectivity index (χ0v) is 11.9. The minimum Gasteiger partial charge on any atom is -0.398 e. The summed E-state index contributed by atoms with van der Waals surface area (Å²) in [4.78, 5) is 12.0. The minimum atomic E-state index is -1.27. The van der Waals surface area contributed by atoms with Crippen LogP contribution in [0.25, 0.3) is 0 Å². The summed E-state index contributed by atoms with van der Waals surface area (Å²) < 4.78 is 12.5. The monoisotopic (exact) mass is 288 g/mol. The second-order valence-corrected chi connectivity index (χ2v) is 5.90. The van der Waals surface area contributed by atoms with Gasteiger partial charge in [-0.15, -0.1) is 0 Å². The van der Waals surface area contributed by atoms with Crippen molar-refractivity contribution in [3.8, 4) is 0 Å². The van der Waals surface area contributed by atoms with Crippen molar-refractivity contribution in [2.75, 3.05) is 5.73 Å². The zero-order chi connectivity index (χ0) is 14.7. The molecule has 1 amide bonds. The Bertz CT molecular complexity index is 683. The Kier molecular flexibility index (Phi) is 4.20. The summed E-state index contributed by atoms with van der Waals surface area (Å²) in [5.74, 6) is -0.273. The van der Waals surface area contributed by atoms with Crippen LogP contribution in [0.1, 0.15) is 21.5 Å². The van der Waals surface area contributed by atoms with Crippen molar-refractivity contribution in [3.05, 3.63) is 59.2 Å². The molecule has 4 N–H and O–H groups in total. The van der Waals surface area contributed by atoms with E-state index < -0.39 is 16.7 Å². The van der Waals surface area contributed by atoms with Gasteiger partial charge in [0.15, 0.2) is 0 Å². The third-order valence-electron chi connectivity index (χ3n) is 3.14. The van der Waals surface area contributed by atoms with Crippen LogP contribution in [0.5, 0.6) is 0 Å². The molecule has 2 aromatic carbocycles. The maximum Gasteiger partial charge on any atom is 0.249 e. The molecule has 104 valence electrons. The van der Waals surface area contributed by atoms with Gasteiger partial charge in [0.05, 0.1) is 16.6 Å². The number of hydrogen-bond acceptors (Lipinski definition) is 3. The third kappa shape index (κ3) is 2.88. The fourth-order valence-electron chi connectivity index (χ4n) is 1.98. The molecular weight excluding hydrogens is 272 g/mol. The van der Waals surface area contributed by atoms with Crippen LogP contribution >= 0.6 is 0 Å². The van der Waals surface area contributed by atoms with Gasteiger partial charge in [-0.1, -0.05) is 24.3 Å². The highest BCUT2D eigenvalue weighted by Crippen LogP contribution is 2.22. The number of anilines is 1. The molecule has 0 saturated heterocycles. The van der Waals surface area contributed by atoms with Crippen LogP contribution in [-0.2, 0) is 16.6 Å². The lowest BCUT2D eigenvalue weighted by Gasteiger charge is -2.10. The van der Waals surface area contributed by atoms with Gasteiger partial charge >= 0.3 is 0 Å². The van der Waals surface area contributed by atoms with Crippen molar-refractivity contribution < 1.29 is 9.00 Å². The predicted molar refractivity (Wildman–Crippen MR) is 80.7 cm³/mol. The van der Waals surface area contributed by atoms with Gasteiger partial charge in [0.1, 0.15) is 0 Å². The molecule has 0 fully saturated rings. The Morgan fingerprint density at radius 2 is 1.85 bits per heavy atom. The Morgan fingerprint density at radius 3 is 2.55 bits per heavy atom. The number of nitrogens with two attached hydrogens (primary N) is 2. The lowest BCUT2D eigenvalue weighted by atomic mass is 10.1. The van der Waals surface area contributed by atoms with Gasteiger partial charge in [0, 0.05) is 16.1 Å². The summed E-state index contributed by atoms with van der Waals surface area (Å²) in [7, 11) is -1.27. The first-order valence-corrected chi connectivity index (χ1v) is 7.43. The van der Waals surface area contributed by atoms with Crippen molar-refractivity contribution in [1.82, 2.24) is 0 Å². The molecular formula is C15H16N2O2S. The molecule has 0 aromatic heterocycles. The fourth-order valence-corrected chi connectivity index (χ4v) is 3.36. The molecule has 0 aliphatic carbocycles. The van der Waals surface area contributed by atoms with E-state index in [9.17, 15) is 9.00 Å². The van der Waals surface area contributed by atoms with E-state index in [1.54, 1.807) is 42.5 Å². The van der Waals surface area contributed by atoms with E-state index in [2.05, 4.69) is 0 Å². The van der Waals surface area contributed by atoms with Gasteiger partial charge in [-0.3, -0.25) is 9.00 Å². The van der Waals surface area contributed by atoms with Gasteiger partial charge in [-0.05, 0) is 36.2 Å². The topological polar surface area (TPSA) is 86.2 Å². The summed E-state index contributed by atoms with van der Waals surface area (Å²) in [6.45, 7) is 1.84. The molecule has 0 aliphatic heterocycles. The number of carbonyl (C=O) groups is 1. The second-order valence-electron chi connectivity index (χ2n) is 4.48. The molecule has 1 atom stereocenters. The Morgan fingerprint density at radius 1 is 1.15 bits per heavy atom. The molecule has 0 spiro atoms. The van der Waals surface area contributed by atoms with Crippen LogP contribution in [0, 0.1) is 6.92 Å². The van der Waals surface area contributed by atoms with Crippen molar-refractivity contribution in [2.45, 2.75) is 17.6 Å². The van der Waals surface area contributed by atoms with E-state index in [0.717, 1.165) is 5.56 Å².